The summed E-state index contributed by atoms with van der Waals surface area (Å²) in [5.41, 5.74) is 1.67. The molecular formula is C31H27N3O7S. The molecule has 42 heavy (non-hydrogen) atoms. The second-order valence-corrected chi connectivity index (χ2v) is 10.1. The van der Waals surface area contributed by atoms with Crippen molar-refractivity contribution in [2.75, 3.05) is 32.0 Å². The number of benzene rings is 3. The maximum Gasteiger partial charge on any atom is 0.278 e. The van der Waals surface area contributed by atoms with Crippen LogP contribution < -0.4 is 24.8 Å². The largest absolute Gasteiger partial charge is 0.497 e. The summed E-state index contributed by atoms with van der Waals surface area (Å²) in [6, 6.07) is 22.3. The number of furan rings is 1. The van der Waals surface area contributed by atoms with Gasteiger partial charge in [-0.2, -0.15) is 0 Å². The first kappa shape index (κ1) is 28.4. The number of hydrogen-bond acceptors (Lipinski definition) is 9. The van der Waals surface area contributed by atoms with Crippen LogP contribution in [0.3, 0.4) is 0 Å². The van der Waals surface area contributed by atoms with Gasteiger partial charge in [-0.05, 0) is 72.8 Å². The number of amides is 3. The molecule has 0 aliphatic carbocycles. The third kappa shape index (κ3) is 6.11. The molecule has 0 unspecified atom stereocenters. The minimum atomic E-state index is -0.466. The van der Waals surface area contributed by atoms with Crippen LogP contribution in [0.25, 0.3) is 0 Å². The summed E-state index contributed by atoms with van der Waals surface area (Å²) < 4.78 is 21.1. The smallest absolute Gasteiger partial charge is 0.278 e. The molecule has 0 fully saturated rings. The molecule has 10 nitrogen and oxygen atoms in total. The van der Waals surface area contributed by atoms with Crippen LogP contribution in [-0.4, -0.2) is 44.0 Å². The van der Waals surface area contributed by atoms with Gasteiger partial charge in [0.1, 0.15) is 33.6 Å². The van der Waals surface area contributed by atoms with E-state index in [0.29, 0.717) is 44.8 Å². The van der Waals surface area contributed by atoms with Crippen molar-refractivity contribution in [1.29, 1.82) is 0 Å². The Hall–Kier alpha value is -5.16. The average molecular weight is 586 g/mol. The number of carbonyl (C=O) groups is 3. The molecule has 3 aromatic carbocycles. The first-order chi connectivity index (χ1) is 20.4. The number of hydrogen-bond donors (Lipinski definition) is 2. The fourth-order valence-corrected chi connectivity index (χ4v) is 5.13. The maximum atomic E-state index is 13.5. The summed E-state index contributed by atoms with van der Waals surface area (Å²) in [4.78, 5) is 41.9. The molecule has 4 aromatic rings. The molecule has 0 radical (unpaired) electrons. The van der Waals surface area contributed by atoms with Crippen LogP contribution in [0.4, 0.5) is 11.4 Å². The molecule has 1 aliphatic heterocycles. The van der Waals surface area contributed by atoms with E-state index in [1.54, 1.807) is 86.0 Å². The van der Waals surface area contributed by atoms with Gasteiger partial charge in [0, 0.05) is 22.3 Å². The number of rotatable bonds is 11. The van der Waals surface area contributed by atoms with Crippen LogP contribution in [0.5, 0.6) is 17.2 Å². The zero-order valence-electron chi connectivity index (χ0n) is 23.0. The number of ether oxygens (including phenoxy) is 3. The van der Waals surface area contributed by atoms with Crippen LogP contribution in [0.1, 0.15) is 16.1 Å². The highest BCUT2D eigenvalue weighted by molar-refractivity contribution is 8.04. The Bertz CT molecular complexity index is 1630. The summed E-state index contributed by atoms with van der Waals surface area (Å²) in [5.74, 6) is 0.839. The Morgan fingerprint density at radius 2 is 1.52 bits per heavy atom. The van der Waals surface area contributed by atoms with E-state index in [2.05, 4.69) is 10.6 Å². The lowest BCUT2D eigenvalue weighted by Crippen LogP contribution is -2.31. The SMILES string of the molecule is COc1ccc(NC2=C(Sc3ccc(NC(=O)c4ccc(OC)cc4OC)cc3)C(=O)N(Cc3ccco3)C2=O)cc1. The lowest BCUT2D eigenvalue weighted by Gasteiger charge is -2.13. The van der Waals surface area contributed by atoms with E-state index in [1.807, 2.05) is 0 Å². The molecular weight excluding hydrogens is 558 g/mol. The predicted molar refractivity (Wildman–Crippen MR) is 158 cm³/mol. The van der Waals surface area contributed by atoms with Gasteiger partial charge in [0.15, 0.2) is 0 Å². The molecule has 0 spiro atoms. The van der Waals surface area contributed by atoms with Crippen LogP contribution in [0.2, 0.25) is 0 Å². The molecule has 5 rings (SSSR count). The molecule has 1 aliphatic rings. The summed E-state index contributed by atoms with van der Waals surface area (Å²) in [6.45, 7) is 0.00229. The quantitative estimate of drug-likeness (QED) is 0.219. The van der Waals surface area contributed by atoms with Crippen molar-refractivity contribution in [2.45, 2.75) is 11.4 Å². The fourth-order valence-electron chi connectivity index (χ4n) is 4.19. The first-order valence-electron chi connectivity index (χ1n) is 12.8. The molecule has 11 heteroatoms. The normalized spacial score (nSPS) is 12.9. The van der Waals surface area contributed by atoms with Crippen LogP contribution in [0, 0.1) is 0 Å². The summed E-state index contributed by atoms with van der Waals surface area (Å²) >= 11 is 1.15. The molecule has 2 N–H and O–H groups in total. The highest BCUT2D eigenvalue weighted by Crippen LogP contribution is 2.37. The van der Waals surface area contributed by atoms with E-state index in [-0.39, 0.29) is 23.1 Å². The van der Waals surface area contributed by atoms with E-state index in [9.17, 15) is 14.4 Å². The highest BCUT2D eigenvalue weighted by Gasteiger charge is 2.39. The molecule has 3 amide bonds. The predicted octanol–water partition coefficient (Wildman–Crippen LogP) is 5.54. The van der Waals surface area contributed by atoms with Gasteiger partial charge in [-0.1, -0.05) is 11.8 Å². The van der Waals surface area contributed by atoms with E-state index < -0.39 is 11.8 Å². The second kappa shape index (κ2) is 12.6. The number of nitrogens with one attached hydrogen (secondary N) is 2. The molecule has 0 atom stereocenters. The third-order valence-electron chi connectivity index (χ3n) is 6.36. The van der Waals surface area contributed by atoms with Crippen LogP contribution in [-0.2, 0) is 16.1 Å². The second-order valence-electron chi connectivity index (χ2n) is 8.98. The summed E-state index contributed by atoms with van der Waals surface area (Å²) in [5, 5.41) is 5.96. The number of methoxy groups -OCH3 is 3. The van der Waals surface area contributed by atoms with E-state index in [1.165, 1.54) is 20.5 Å². The van der Waals surface area contributed by atoms with Gasteiger partial charge in [-0.15, -0.1) is 0 Å². The summed E-state index contributed by atoms with van der Waals surface area (Å²) in [7, 11) is 4.58. The van der Waals surface area contributed by atoms with Crippen molar-refractivity contribution in [2.24, 2.45) is 0 Å². The van der Waals surface area contributed by atoms with Gasteiger partial charge in [-0.25, -0.2) is 0 Å². The zero-order chi connectivity index (χ0) is 29.6. The van der Waals surface area contributed by atoms with E-state index in [4.69, 9.17) is 18.6 Å². The third-order valence-corrected chi connectivity index (χ3v) is 7.46. The minimum absolute atomic E-state index is 0.00229. The molecule has 214 valence electrons. The fraction of sp³-hybridized carbons (Fsp3) is 0.129. The average Bonchev–Trinajstić information content (AvgIpc) is 3.61. The lowest BCUT2D eigenvalue weighted by molar-refractivity contribution is -0.138. The molecule has 0 saturated carbocycles. The van der Waals surface area contributed by atoms with Crippen LogP contribution in [0.15, 0.2) is 105 Å². The lowest BCUT2D eigenvalue weighted by atomic mass is 10.1. The van der Waals surface area contributed by atoms with Crippen molar-refractivity contribution in [1.82, 2.24) is 4.90 Å². The molecule has 0 saturated heterocycles. The Kier molecular flexibility index (Phi) is 8.49. The zero-order valence-corrected chi connectivity index (χ0v) is 23.8. The Morgan fingerprint density at radius 1 is 0.833 bits per heavy atom. The van der Waals surface area contributed by atoms with E-state index >= 15 is 0 Å². The van der Waals surface area contributed by atoms with E-state index in [0.717, 1.165) is 16.7 Å². The number of anilines is 2. The van der Waals surface area contributed by atoms with Crippen molar-refractivity contribution >= 4 is 40.9 Å². The Labute approximate surface area is 246 Å². The van der Waals surface area contributed by atoms with Gasteiger partial charge >= 0.3 is 0 Å². The molecule has 2 heterocycles. The number of imide groups is 1. The number of carbonyl (C=O) groups excluding carboxylic acids is 3. The van der Waals surface area contributed by atoms with Crippen molar-refractivity contribution in [3.8, 4) is 17.2 Å². The van der Waals surface area contributed by atoms with Crippen molar-refractivity contribution in [3.63, 3.8) is 0 Å². The first-order valence-corrected chi connectivity index (χ1v) is 13.6. The van der Waals surface area contributed by atoms with Gasteiger partial charge in [-0.3, -0.25) is 19.3 Å². The summed E-state index contributed by atoms with van der Waals surface area (Å²) in [6.07, 6.45) is 1.49. The topological polar surface area (TPSA) is 119 Å². The standard InChI is InChI=1S/C31H27N3O7S/c1-38-21-10-6-19(7-11-21)32-27-28(31(37)34(30(27)36)18-23-5-4-16-41-23)42-24-13-8-20(9-14-24)33-29(35)25-15-12-22(39-2)17-26(25)40-3/h4-17,32H,18H2,1-3H3,(H,33,35). The van der Waals surface area contributed by atoms with Crippen molar-refractivity contribution < 1.29 is 33.0 Å². The molecule has 0 bridgehead atoms. The van der Waals surface area contributed by atoms with Crippen molar-refractivity contribution in [3.05, 3.63) is 107 Å². The highest BCUT2D eigenvalue weighted by atomic mass is 32.2. The van der Waals surface area contributed by atoms with Gasteiger partial charge in [0.25, 0.3) is 17.7 Å². The monoisotopic (exact) mass is 585 g/mol. The minimum Gasteiger partial charge on any atom is -0.497 e. The molecule has 1 aromatic heterocycles. The number of nitrogens with zero attached hydrogens (tertiary/aromatic N) is 1. The van der Waals surface area contributed by atoms with Gasteiger partial charge in [0.2, 0.25) is 0 Å². The Morgan fingerprint density at radius 3 is 2.17 bits per heavy atom. The number of thioether (sulfide) groups is 1. The maximum absolute atomic E-state index is 13.5. The van der Waals surface area contributed by atoms with Gasteiger partial charge < -0.3 is 29.3 Å². The van der Waals surface area contributed by atoms with Crippen LogP contribution >= 0.6 is 11.8 Å². The van der Waals surface area contributed by atoms with Gasteiger partial charge in [0.05, 0.1) is 39.7 Å². The Balaban J connectivity index is 1.36.